The normalized spacial score (nSPS) is 16.9. The molecule has 1 aromatic carbocycles. The monoisotopic (exact) mass is 239 g/mol. The van der Waals surface area contributed by atoms with Crippen LogP contribution in [0, 0.1) is 5.82 Å². The highest BCUT2D eigenvalue weighted by molar-refractivity contribution is 5.45. The fourth-order valence-electron chi connectivity index (χ4n) is 2.35. The molecule has 0 saturated carbocycles. The van der Waals surface area contributed by atoms with E-state index < -0.39 is 0 Å². The van der Waals surface area contributed by atoms with Gasteiger partial charge in [-0.1, -0.05) is 6.07 Å². The SMILES string of the molecule is COc1ccc(C2CCNCC2)c(F)c1OC. The Morgan fingerprint density at radius 3 is 2.47 bits per heavy atom. The van der Waals surface area contributed by atoms with E-state index in [1.54, 1.807) is 6.07 Å². The number of methoxy groups -OCH3 is 2. The van der Waals surface area contributed by atoms with E-state index in [9.17, 15) is 4.39 Å². The third kappa shape index (κ3) is 2.36. The first kappa shape index (κ1) is 12.2. The molecule has 0 aromatic heterocycles. The highest BCUT2D eigenvalue weighted by atomic mass is 19.1. The number of benzene rings is 1. The van der Waals surface area contributed by atoms with Crippen LogP contribution in [-0.4, -0.2) is 27.3 Å². The van der Waals surface area contributed by atoms with Crippen molar-refractivity contribution >= 4 is 0 Å². The van der Waals surface area contributed by atoms with E-state index in [1.165, 1.54) is 14.2 Å². The van der Waals surface area contributed by atoms with Gasteiger partial charge in [0.1, 0.15) is 0 Å². The average Bonchev–Trinajstić information content (AvgIpc) is 2.39. The minimum Gasteiger partial charge on any atom is -0.493 e. The summed E-state index contributed by atoms with van der Waals surface area (Å²) in [7, 11) is 2.98. The predicted molar refractivity (Wildman–Crippen MR) is 64.3 cm³/mol. The second kappa shape index (κ2) is 5.36. The Morgan fingerprint density at radius 1 is 1.18 bits per heavy atom. The van der Waals surface area contributed by atoms with Gasteiger partial charge in [-0.15, -0.1) is 0 Å². The second-order valence-electron chi connectivity index (χ2n) is 4.23. The molecule has 3 nitrogen and oxygen atoms in total. The molecule has 0 bridgehead atoms. The van der Waals surface area contributed by atoms with Crippen molar-refractivity contribution in [3.63, 3.8) is 0 Å². The van der Waals surface area contributed by atoms with Crippen LogP contribution in [-0.2, 0) is 0 Å². The van der Waals surface area contributed by atoms with Crippen LogP contribution in [0.5, 0.6) is 11.5 Å². The fraction of sp³-hybridized carbons (Fsp3) is 0.538. The minimum atomic E-state index is -0.279. The molecule has 0 amide bonds. The molecule has 0 unspecified atom stereocenters. The van der Waals surface area contributed by atoms with Gasteiger partial charge in [-0.3, -0.25) is 0 Å². The zero-order valence-corrected chi connectivity index (χ0v) is 10.3. The molecular formula is C13H18FNO2. The number of rotatable bonds is 3. The van der Waals surface area contributed by atoms with Gasteiger partial charge < -0.3 is 14.8 Å². The van der Waals surface area contributed by atoms with Crippen molar-refractivity contribution in [3.8, 4) is 11.5 Å². The molecule has 0 aliphatic carbocycles. The molecule has 0 radical (unpaired) electrons. The van der Waals surface area contributed by atoms with Crippen LogP contribution in [0.25, 0.3) is 0 Å². The molecule has 0 spiro atoms. The summed E-state index contributed by atoms with van der Waals surface area (Å²) >= 11 is 0. The summed E-state index contributed by atoms with van der Waals surface area (Å²) in [5.41, 5.74) is 0.740. The van der Waals surface area contributed by atoms with Gasteiger partial charge in [0.25, 0.3) is 0 Å². The summed E-state index contributed by atoms with van der Waals surface area (Å²) in [4.78, 5) is 0. The van der Waals surface area contributed by atoms with Gasteiger partial charge in [0.2, 0.25) is 0 Å². The third-order valence-electron chi connectivity index (χ3n) is 3.29. The summed E-state index contributed by atoms with van der Waals surface area (Å²) in [6.45, 7) is 1.89. The van der Waals surface area contributed by atoms with Crippen molar-refractivity contribution in [2.24, 2.45) is 0 Å². The van der Waals surface area contributed by atoms with Crippen LogP contribution in [0.1, 0.15) is 24.3 Å². The first-order chi connectivity index (χ1) is 8.27. The van der Waals surface area contributed by atoms with E-state index in [1.807, 2.05) is 6.07 Å². The summed E-state index contributed by atoms with van der Waals surface area (Å²) < 4.78 is 24.4. The molecule has 1 saturated heterocycles. The summed E-state index contributed by atoms with van der Waals surface area (Å²) in [5, 5.41) is 3.28. The molecule has 1 aromatic rings. The lowest BCUT2D eigenvalue weighted by molar-refractivity contribution is 0.332. The molecule has 94 valence electrons. The highest BCUT2D eigenvalue weighted by Gasteiger charge is 2.22. The van der Waals surface area contributed by atoms with Gasteiger partial charge in [-0.05, 0) is 43.5 Å². The zero-order valence-electron chi connectivity index (χ0n) is 10.3. The van der Waals surface area contributed by atoms with Crippen molar-refractivity contribution in [3.05, 3.63) is 23.5 Å². The van der Waals surface area contributed by atoms with Crippen molar-refractivity contribution < 1.29 is 13.9 Å². The van der Waals surface area contributed by atoms with Gasteiger partial charge >= 0.3 is 0 Å². The molecule has 1 N–H and O–H groups in total. The number of halogens is 1. The molecule has 0 atom stereocenters. The van der Waals surface area contributed by atoms with Crippen LogP contribution in [0.2, 0.25) is 0 Å². The van der Waals surface area contributed by atoms with E-state index in [-0.39, 0.29) is 17.5 Å². The van der Waals surface area contributed by atoms with Gasteiger partial charge in [0, 0.05) is 0 Å². The highest BCUT2D eigenvalue weighted by Crippen LogP contribution is 2.37. The standard InChI is InChI=1S/C13H18FNO2/c1-16-11-4-3-10(12(14)13(11)17-2)9-5-7-15-8-6-9/h3-4,9,15H,5-8H2,1-2H3. The predicted octanol–water partition coefficient (Wildman–Crippen LogP) is 2.31. The topological polar surface area (TPSA) is 30.5 Å². The molecule has 1 heterocycles. The molecule has 1 aliphatic heterocycles. The van der Waals surface area contributed by atoms with E-state index in [0.717, 1.165) is 31.5 Å². The molecular weight excluding hydrogens is 221 g/mol. The summed E-state index contributed by atoms with van der Waals surface area (Å²) in [6.07, 6.45) is 1.93. The number of ether oxygens (including phenoxy) is 2. The van der Waals surface area contributed by atoms with E-state index in [0.29, 0.717) is 5.75 Å². The molecule has 17 heavy (non-hydrogen) atoms. The Bertz CT molecular complexity index is 389. The Balaban J connectivity index is 2.34. The molecule has 2 rings (SSSR count). The van der Waals surface area contributed by atoms with Crippen LogP contribution in [0.4, 0.5) is 4.39 Å². The number of hydrogen-bond donors (Lipinski definition) is 1. The third-order valence-corrected chi connectivity index (χ3v) is 3.29. The smallest absolute Gasteiger partial charge is 0.197 e. The maximum atomic E-state index is 14.3. The summed E-state index contributed by atoms with van der Waals surface area (Å²) in [6, 6.07) is 3.59. The van der Waals surface area contributed by atoms with Gasteiger partial charge in [-0.25, -0.2) is 4.39 Å². The maximum Gasteiger partial charge on any atom is 0.197 e. The quantitative estimate of drug-likeness (QED) is 0.878. The molecule has 4 heteroatoms. The van der Waals surface area contributed by atoms with E-state index >= 15 is 0 Å². The van der Waals surface area contributed by atoms with Gasteiger partial charge in [0.05, 0.1) is 14.2 Å². The van der Waals surface area contributed by atoms with Crippen LogP contribution >= 0.6 is 0 Å². The number of nitrogens with one attached hydrogen (secondary N) is 1. The van der Waals surface area contributed by atoms with Crippen molar-refractivity contribution in [2.45, 2.75) is 18.8 Å². The summed E-state index contributed by atoms with van der Waals surface area (Å²) in [5.74, 6) is 0.654. The lowest BCUT2D eigenvalue weighted by Crippen LogP contribution is -2.27. The van der Waals surface area contributed by atoms with Gasteiger partial charge in [-0.2, -0.15) is 0 Å². The average molecular weight is 239 g/mol. The largest absolute Gasteiger partial charge is 0.493 e. The molecule has 1 fully saturated rings. The van der Waals surface area contributed by atoms with Gasteiger partial charge in [0.15, 0.2) is 17.3 Å². The fourth-order valence-corrected chi connectivity index (χ4v) is 2.35. The van der Waals surface area contributed by atoms with Crippen molar-refractivity contribution in [1.82, 2.24) is 5.32 Å². The Morgan fingerprint density at radius 2 is 1.88 bits per heavy atom. The molecule has 1 aliphatic rings. The zero-order chi connectivity index (χ0) is 12.3. The first-order valence-corrected chi connectivity index (χ1v) is 5.89. The van der Waals surface area contributed by atoms with E-state index in [2.05, 4.69) is 5.32 Å². The Hall–Kier alpha value is -1.29. The van der Waals surface area contributed by atoms with Crippen LogP contribution in [0.3, 0.4) is 0 Å². The van der Waals surface area contributed by atoms with Crippen molar-refractivity contribution in [1.29, 1.82) is 0 Å². The Labute approximate surface area is 101 Å². The maximum absolute atomic E-state index is 14.3. The lowest BCUT2D eigenvalue weighted by atomic mass is 9.89. The first-order valence-electron chi connectivity index (χ1n) is 5.89. The van der Waals surface area contributed by atoms with Crippen molar-refractivity contribution in [2.75, 3.05) is 27.3 Å². The number of hydrogen-bond acceptors (Lipinski definition) is 3. The van der Waals surface area contributed by atoms with E-state index in [4.69, 9.17) is 9.47 Å². The Kier molecular flexibility index (Phi) is 3.84. The second-order valence-corrected chi connectivity index (χ2v) is 4.23. The number of piperidine rings is 1. The lowest BCUT2D eigenvalue weighted by Gasteiger charge is -2.24. The van der Waals surface area contributed by atoms with Crippen LogP contribution in [0.15, 0.2) is 12.1 Å². The van der Waals surface area contributed by atoms with Crippen LogP contribution < -0.4 is 14.8 Å². The minimum absolute atomic E-state index is 0.212.